The Morgan fingerprint density at radius 3 is 2.84 bits per heavy atom. The molecule has 0 aromatic carbocycles. The van der Waals surface area contributed by atoms with Gasteiger partial charge in [0.2, 0.25) is 5.91 Å². The fraction of sp³-hybridized carbons (Fsp3) is 0.588. The number of carbonyl (C=O) groups is 1. The van der Waals surface area contributed by atoms with Gasteiger partial charge < -0.3 is 15.5 Å². The van der Waals surface area contributed by atoms with Crippen molar-refractivity contribution in [3.63, 3.8) is 0 Å². The van der Waals surface area contributed by atoms with Crippen LogP contribution in [0.1, 0.15) is 25.8 Å². The van der Waals surface area contributed by atoms with Gasteiger partial charge in [0.15, 0.2) is 5.96 Å². The minimum Gasteiger partial charge on any atom is -0.356 e. The lowest BCUT2D eigenvalue weighted by atomic mass is 10.2. The first-order valence-electron chi connectivity index (χ1n) is 8.36. The summed E-state index contributed by atoms with van der Waals surface area (Å²) in [5.74, 6) is 1.03. The van der Waals surface area contributed by atoms with Crippen LogP contribution in [0.25, 0.3) is 0 Å². The number of rotatable bonds is 5. The highest BCUT2D eigenvalue weighted by atomic mass is 127. The summed E-state index contributed by atoms with van der Waals surface area (Å²) in [6.07, 6.45) is 3.57. The Kier molecular flexibility index (Phi) is 9.48. The Morgan fingerprint density at radius 2 is 2.24 bits per heavy atom. The maximum atomic E-state index is 12.0. The van der Waals surface area contributed by atoms with E-state index < -0.39 is 0 Å². The van der Waals surface area contributed by atoms with E-state index in [0.717, 1.165) is 44.0 Å². The molecule has 0 radical (unpaired) electrons. The second-order valence-corrected chi connectivity index (χ2v) is 6.69. The van der Waals surface area contributed by atoms with Gasteiger partial charge in [0.25, 0.3) is 0 Å². The van der Waals surface area contributed by atoms with Crippen molar-refractivity contribution in [3.8, 4) is 0 Å². The number of nitrogens with one attached hydrogen (secondary N) is 2. The molecule has 0 aliphatic carbocycles. The van der Waals surface area contributed by atoms with Crippen molar-refractivity contribution < 1.29 is 4.79 Å². The third-order valence-electron chi connectivity index (χ3n) is 4.05. The molecule has 1 saturated heterocycles. The molecule has 1 unspecified atom stereocenters. The van der Waals surface area contributed by atoms with E-state index in [1.165, 1.54) is 0 Å². The monoisotopic (exact) mass is 479 g/mol. The fourth-order valence-electron chi connectivity index (χ4n) is 2.71. The predicted octanol–water partition coefficient (Wildman–Crippen LogP) is 2.32. The van der Waals surface area contributed by atoms with Crippen molar-refractivity contribution in [2.75, 3.05) is 26.7 Å². The molecule has 2 N–H and O–H groups in total. The Hall–Kier alpha value is -1.09. The first kappa shape index (κ1) is 22.0. The third-order valence-corrected chi connectivity index (χ3v) is 4.28. The summed E-state index contributed by atoms with van der Waals surface area (Å²) in [6.45, 7) is 6.18. The number of aromatic nitrogens is 1. The van der Waals surface area contributed by atoms with Gasteiger partial charge in [-0.3, -0.25) is 9.79 Å². The molecule has 6 nitrogen and oxygen atoms in total. The quantitative estimate of drug-likeness (QED) is 0.294. The number of hydrogen-bond donors (Lipinski definition) is 2. The summed E-state index contributed by atoms with van der Waals surface area (Å²) < 4.78 is 0. The van der Waals surface area contributed by atoms with Crippen molar-refractivity contribution in [2.45, 2.75) is 32.7 Å². The molecular formula is C17H27ClIN5O. The first-order chi connectivity index (χ1) is 11.5. The highest BCUT2D eigenvalue weighted by Gasteiger charge is 2.27. The summed E-state index contributed by atoms with van der Waals surface area (Å²) in [5, 5.41) is 7.20. The van der Waals surface area contributed by atoms with Crippen LogP contribution in [-0.2, 0) is 11.2 Å². The molecule has 2 rings (SSSR count). The molecule has 0 bridgehead atoms. The zero-order chi connectivity index (χ0) is 17.5. The molecule has 0 saturated carbocycles. The molecule has 1 aromatic rings. The fourth-order valence-corrected chi connectivity index (χ4v) is 2.82. The van der Waals surface area contributed by atoms with Gasteiger partial charge in [-0.1, -0.05) is 31.5 Å². The van der Waals surface area contributed by atoms with E-state index in [-0.39, 0.29) is 41.8 Å². The maximum Gasteiger partial charge on any atom is 0.225 e. The Bertz CT molecular complexity index is 579. The number of amides is 1. The summed E-state index contributed by atoms with van der Waals surface area (Å²) in [7, 11) is 1.76. The van der Waals surface area contributed by atoms with E-state index in [4.69, 9.17) is 11.6 Å². The van der Waals surface area contributed by atoms with Crippen molar-refractivity contribution >= 4 is 47.4 Å². The number of aliphatic imine (C=N–C) groups is 1. The van der Waals surface area contributed by atoms with Crippen molar-refractivity contribution in [3.05, 3.63) is 29.0 Å². The van der Waals surface area contributed by atoms with Gasteiger partial charge >= 0.3 is 0 Å². The molecule has 1 aliphatic heterocycles. The van der Waals surface area contributed by atoms with Gasteiger partial charge in [-0.15, -0.1) is 24.0 Å². The van der Waals surface area contributed by atoms with Crippen molar-refractivity contribution in [1.82, 2.24) is 20.5 Å². The third kappa shape index (κ3) is 6.97. The maximum absolute atomic E-state index is 12.0. The molecule has 0 spiro atoms. The molecule has 1 atom stereocenters. The molecule has 140 valence electrons. The summed E-state index contributed by atoms with van der Waals surface area (Å²) in [4.78, 5) is 22.3. The number of guanidine groups is 1. The number of likely N-dealkylation sites (tertiary alicyclic amines) is 1. The molecule has 25 heavy (non-hydrogen) atoms. The van der Waals surface area contributed by atoms with E-state index in [1.807, 2.05) is 24.8 Å². The topological polar surface area (TPSA) is 69.6 Å². The van der Waals surface area contributed by atoms with Crippen LogP contribution in [0.5, 0.6) is 0 Å². The van der Waals surface area contributed by atoms with E-state index in [0.29, 0.717) is 5.15 Å². The van der Waals surface area contributed by atoms with Crippen LogP contribution in [0.15, 0.2) is 23.3 Å². The second-order valence-electron chi connectivity index (χ2n) is 6.31. The van der Waals surface area contributed by atoms with E-state index >= 15 is 0 Å². The highest BCUT2D eigenvalue weighted by molar-refractivity contribution is 14.0. The van der Waals surface area contributed by atoms with Gasteiger partial charge in [0.05, 0.1) is 0 Å². The van der Waals surface area contributed by atoms with Crippen LogP contribution < -0.4 is 10.6 Å². The van der Waals surface area contributed by atoms with Crippen LogP contribution in [0.4, 0.5) is 0 Å². The lowest BCUT2D eigenvalue weighted by Crippen LogP contribution is -2.45. The lowest BCUT2D eigenvalue weighted by Gasteiger charge is -2.20. The number of carbonyl (C=O) groups excluding carboxylic acids is 1. The van der Waals surface area contributed by atoms with Gasteiger partial charge in [-0.05, 0) is 24.5 Å². The SMILES string of the molecule is CN=C(NCCc1ccc(Cl)nc1)NC1CCN(C(=O)C(C)C)C1.I. The molecule has 1 aromatic heterocycles. The van der Waals surface area contributed by atoms with Gasteiger partial charge in [0.1, 0.15) is 5.15 Å². The van der Waals surface area contributed by atoms with E-state index in [1.54, 1.807) is 19.3 Å². The Labute approximate surface area is 171 Å². The smallest absolute Gasteiger partial charge is 0.225 e. The molecule has 1 aliphatic rings. The molecule has 1 fully saturated rings. The van der Waals surface area contributed by atoms with Crippen molar-refractivity contribution in [1.29, 1.82) is 0 Å². The van der Waals surface area contributed by atoms with Crippen LogP contribution in [-0.4, -0.2) is 54.5 Å². The minimum absolute atomic E-state index is 0. The normalized spacial score (nSPS) is 17.4. The average Bonchev–Trinajstić information content (AvgIpc) is 3.03. The van der Waals surface area contributed by atoms with E-state index in [2.05, 4.69) is 20.6 Å². The zero-order valence-electron chi connectivity index (χ0n) is 15.0. The van der Waals surface area contributed by atoms with Gasteiger partial charge in [0, 0.05) is 44.8 Å². The first-order valence-corrected chi connectivity index (χ1v) is 8.73. The average molecular weight is 480 g/mol. The van der Waals surface area contributed by atoms with E-state index in [9.17, 15) is 4.79 Å². The largest absolute Gasteiger partial charge is 0.356 e. The molecule has 1 amide bonds. The van der Waals surface area contributed by atoms with Crippen LogP contribution in [0.3, 0.4) is 0 Å². The molecule has 8 heteroatoms. The zero-order valence-corrected chi connectivity index (χ0v) is 18.0. The Balaban J connectivity index is 0.00000312. The second kappa shape index (κ2) is 10.8. The molecule has 2 heterocycles. The summed E-state index contributed by atoms with van der Waals surface area (Å²) in [5.41, 5.74) is 1.12. The summed E-state index contributed by atoms with van der Waals surface area (Å²) >= 11 is 5.78. The number of nitrogens with zero attached hydrogens (tertiary/aromatic N) is 3. The number of hydrogen-bond acceptors (Lipinski definition) is 3. The number of pyridine rings is 1. The van der Waals surface area contributed by atoms with Crippen LogP contribution >= 0.6 is 35.6 Å². The van der Waals surface area contributed by atoms with Gasteiger partial charge in [-0.25, -0.2) is 4.98 Å². The lowest BCUT2D eigenvalue weighted by molar-refractivity contribution is -0.133. The summed E-state index contributed by atoms with van der Waals surface area (Å²) in [6, 6.07) is 4.01. The highest BCUT2D eigenvalue weighted by Crippen LogP contribution is 2.12. The van der Waals surface area contributed by atoms with Crippen LogP contribution in [0.2, 0.25) is 5.15 Å². The Morgan fingerprint density at radius 1 is 1.48 bits per heavy atom. The van der Waals surface area contributed by atoms with Gasteiger partial charge in [-0.2, -0.15) is 0 Å². The van der Waals surface area contributed by atoms with Crippen molar-refractivity contribution in [2.24, 2.45) is 10.9 Å². The van der Waals surface area contributed by atoms with Crippen LogP contribution in [0, 0.1) is 5.92 Å². The molecular weight excluding hydrogens is 453 g/mol. The predicted molar refractivity (Wildman–Crippen MR) is 113 cm³/mol. The standard InChI is InChI=1S/C17H26ClN5O.HI/c1-12(2)16(24)23-9-7-14(11-23)22-17(19-3)20-8-6-13-4-5-15(18)21-10-13;/h4-5,10,12,14H,6-9,11H2,1-3H3,(H2,19,20,22);1H. The minimum atomic E-state index is 0. The number of halogens is 2.